The van der Waals surface area contributed by atoms with Crippen molar-refractivity contribution in [2.75, 3.05) is 13.2 Å². The molecule has 1 aromatic heterocycles. The molecule has 19 heavy (non-hydrogen) atoms. The first-order chi connectivity index (χ1) is 9.17. The number of hydrogen-bond acceptors (Lipinski definition) is 3. The van der Waals surface area contributed by atoms with Crippen molar-refractivity contribution < 1.29 is 4.74 Å². The lowest BCUT2D eigenvalue weighted by Gasteiger charge is -2.15. The van der Waals surface area contributed by atoms with Crippen LogP contribution in [0.2, 0.25) is 0 Å². The van der Waals surface area contributed by atoms with Gasteiger partial charge in [0.05, 0.1) is 22.0 Å². The summed E-state index contributed by atoms with van der Waals surface area (Å²) in [6, 6.07) is 0. The molecule has 2 atom stereocenters. The second-order valence-electron chi connectivity index (χ2n) is 5.13. The van der Waals surface area contributed by atoms with Gasteiger partial charge in [0.25, 0.3) is 0 Å². The van der Waals surface area contributed by atoms with Crippen molar-refractivity contribution in [3.05, 3.63) is 15.9 Å². The monoisotopic (exact) mass is 329 g/mol. The Balaban J connectivity index is 1.93. The van der Waals surface area contributed by atoms with Crippen molar-refractivity contribution in [1.82, 2.24) is 15.1 Å². The van der Waals surface area contributed by atoms with E-state index < -0.39 is 0 Å². The van der Waals surface area contributed by atoms with Gasteiger partial charge in [0.1, 0.15) is 0 Å². The summed E-state index contributed by atoms with van der Waals surface area (Å²) >= 11 is 3.68. The lowest BCUT2D eigenvalue weighted by atomic mass is 10.0. The topological polar surface area (TPSA) is 39.1 Å². The van der Waals surface area contributed by atoms with Gasteiger partial charge in [0.2, 0.25) is 0 Å². The van der Waals surface area contributed by atoms with Crippen LogP contribution in [0.3, 0.4) is 0 Å². The Hall–Kier alpha value is -0.390. The third-order valence-corrected chi connectivity index (χ3v) is 4.84. The van der Waals surface area contributed by atoms with Gasteiger partial charge < -0.3 is 10.1 Å². The molecule has 1 aromatic rings. The molecule has 1 aliphatic heterocycles. The molecule has 5 heteroatoms. The molecule has 1 N–H and O–H groups in total. The van der Waals surface area contributed by atoms with Crippen LogP contribution in [0.15, 0.2) is 4.47 Å². The van der Waals surface area contributed by atoms with Crippen LogP contribution in [0.25, 0.3) is 0 Å². The average molecular weight is 330 g/mol. The van der Waals surface area contributed by atoms with Crippen LogP contribution in [0.1, 0.15) is 38.6 Å². The molecule has 1 aliphatic rings. The van der Waals surface area contributed by atoms with E-state index in [1.54, 1.807) is 0 Å². The van der Waals surface area contributed by atoms with E-state index in [1.807, 2.05) is 0 Å². The SMILES string of the molecule is CCc1nn(CC)c(CNCC2CCOC2C)c1Br. The number of rotatable bonds is 6. The summed E-state index contributed by atoms with van der Waals surface area (Å²) in [5.41, 5.74) is 2.40. The largest absolute Gasteiger partial charge is 0.378 e. The summed E-state index contributed by atoms with van der Waals surface area (Å²) in [6.07, 6.45) is 2.52. The highest BCUT2D eigenvalue weighted by Gasteiger charge is 2.23. The number of hydrogen-bond donors (Lipinski definition) is 1. The molecule has 2 rings (SSSR count). The molecule has 0 aliphatic carbocycles. The van der Waals surface area contributed by atoms with E-state index in [2.05, 4.69) is 51.8 Å². The summed E-state index contributed by atoms with van der Waals surface area (Å²) in [4.78, 5) is 0. The molecule has 0 radical (unpaired) electrons. The van der Waals surface area contributed by atoms with Gasteiger partial charge in [-0.1, -0.05) is 6.92 Å². The molecule has 0 amide bonds. The predicted molar refractivity (Wildman–Crippen MR) is 80.2 cm³/mol. The second kappa shape index (κ2) is 6.86. The van der Waals surface area contributed by atoms with E-state index in [4.69, 9.17) is 4.74 Å². The van der Waals surface area contributed by atoms with Crippen LogP contribution in [0, 0.1) is 5.92 Å². The quantitative estimate of drug-likeness (QED) is 0.872. The van der Waals surface area contributed by atoms with E-state index in [1.165, 1.54) is 16.6 Å². The fraction of sp³-hybridized carbons (Fsp3) is 0.786. The highest BCUT2D eigenvalue weighted by molar-refractivity contribution is 9.10. The van der Waals surface area contributed by atoms with Gasteiger partial charge in [-0.05, 0) is 48.5 Å². The normalized spacial score (nSPS) is 23.2. The maximum atomic E-state index is 5.59. The van der Waals surface area contributed by atoms with Crippen LogP contribution in [0.5, 0.6) is 0 Å². The van der Waals surface area contributed by atoms with Crippen LogP contribution in [-0.2, 0) is 24.2 Å². The minimum atomic E-state index is 0.387. The van der Waals surface area contributed by atoms with Crippen molar-refractivity contribution in [1.29, 1.82) is 0 Å². The third kappa shape index (κ3) is 3.38. The molecular weight excluding hydrogens is 306 g/mol. The van der Waals surface area contributed by atoms with E-state index in [0.717, 1.165) is 38.4 Å². The molecule has 0 spiro atoms. The van der Waals surface area contributed by atoms with Crippen molar-refractivity contribution >= 4 is 15.9 Å². The van der Waals surface area contributed by atoms with E-state index in [0.29, 0.717) is 12.0 Å². The van der Waals surface area contributed by atoms with E-state index in [-0.39, 0.29) is 0 Å². The number of nitrogens with one attached hydrogen (secondary N) is 1. The van der Waals surface area contributed by atoms with Gasteiger partial charge in [-0.2, -0.15) is 5.10 Å². The number of halogens is 1. The van der Waals surface area contributed by atoms with Crippen LogP contribution in [0.4, 0.5) is 0 Å². The first kappa shape index (κ1) is 15.0. The highest BCUT2D eigenvalue weighted by Crippen LogP contribution is 2.23. The highest BCUT2D eigenvalue weighted by atomic mass is 79.9. The zero-order valence-corrected chi connectivity index (χ0v) is 13.7. The lowest BCUT2D eigenvalue weighted by molar-refractivity contribution is 0.105. The Labute approximate surface area is 124 Å². The van der Waals surface area contributed by atoms with Gasteiger partial charge in [0.15, 0.2) is 0 Å². The van der Waals surface area contributed by atoms with Gasteiger partial charge in [0, 0.05) is 26.2 Å². The molecule has 0 bridgehead atoms. The molecule has 2 heterocycles. The lowest BCUT2D eigenvalue weighted by Crippen LogP contribution is -2.27. The molecule has 4 nitrogen and oxygen atoms in total. The Kier molecular flexibility index (Phi) is 5.42. The summed E-state index contributed by atoms with van der Waals surface area (Å²) in [7, 11) is 0. The van der Waals surface area contributed by atoms with Crippen molar-refractivity contribution in [2.24, 2.45) is 5.92 Å². The molecule has 1 saturated heterocycles. The van der Waals surface area contributed by atoms with Gasteiger partial charge in [-0.3, -0.25) is 4.68 Å². The third-order valence-electron chi connectivity index (χ3n) is 3.93. The zero-order chi connectivity index (χ0) is 13.8. The van der Waals surface area contributed by atoms with Gasteiger partial charge >= 0.3 is 0 Å². The summed E-state index contributed by atoms with van der Waals surface area (Å²) in [5.74, 6) is 0.641. The average Bonchev–Trinajstić information content (AvgIpc) is 2.95. The predicted octanol–water partition coefficient (Wildman–Crippen LogP) is 2.74. The van der Waals surface area contributed by atoms with Crippen molar-refractivity contribution in [3.8, 4) is 0 Å². The fourth-order valence-electron chi connectivity index (χ4n) is 2.61. The number of ether oxygens (including phenoxy) is 1. The Bertz CT molecular complexity index is 419. The zero-order valence-electron chi connectivity index (χ0n) is 12.1. The first-order valence-corrected chi connectivity index (χ1v) is 8.03. The van der Waals surface area contributed by atoms with Gasteiger partial charge in [-0.25, -0.2) is 0 Å². The second-order valence-corrected chi connectivity index (χ2v) is 5.93. The van der Waals surface area contributed by atoms with E-state index >= 15 is 0 Å². The first-order valence-electron chi connectivity index (χ1n) is 7.23. The maximum absolute atomic E-state index is 5.59. The molecule has 0 saturated carbocycles. The standard InChI is InChI=1S/C14H24BrN3O/c1-4-12-14(15)13(18(5-2)17-12)9-16-8-11-6-7-19-10(11)3/h10-11,16H,4-9H2,1-3H3. The van der Waals surface area contributed by atoms with Crippen molar-refractivity contribution in [3.63, 3.8) is 0 Å². The molecule has 2 unspecified atom stereocenters. The van der Waals surface area contributed by atoms with Gasteiger partial charge in [-0.15, -0.1) is 0 Å². The minimum Gasteiger partial charge on any atom is -0.378 e. The maximum Gasteiger partial charge on any atom is 0.0767 e. The Morgan fingerprint density at radius 1 is 1.47 bits per heavy atom. The summed E-state index contributed by atoms with van der Waals surface area (Å²) in [5, 5.41) is 8.17. The van der Waals surface area contributed by atoms with Crippen LogP contribution in [-0.4, -0.2) is 29.0 Å². The molecular formula is C14H24BrN3O. The number of aromatic nitrogens is 2. The number of nitrogens with zero attached hydrogens (tertiary/aromatic N) is 2. The summed E-state index contributed by atoms with van der Waals surface area (Å²) in [6.45, 7) is 10.1. The molecule has 108 valence electrons. The fourth-order valence-corrected chi connectivity index (χ4v) is 3.31. The van der Waals surface area contributed by atoms with Crippen molar-refractivity contribution in [2.45, 2.75) is 52.8 Å². The summed E-state index contributed by atoms with van der Waals surface area (Å²) < 4.78 is 8.85. The van der Waals surface area contributed by atoms with E-state index in [9.17, 15) is 0 Å². The van der Waals surface area contributed by atoms with Crippen LogP contribution >= 0.6 is 15.9 Å². The smallest absolute Gasteiger partial charge is 0.0767 e. The minimum absolute atomic E-state index is 0.387. The number of aryl methyl sites for hydroxylation is 2. The Morgan fingerprint density at radius 2 is 2.26 bits per heavy atom. The Morgan fingerprint density at radius 3 is 2.84 bits per heavy atom. The molecule has 1 fully saturated rings. The molecule has 0 aromatic carbocycles. The van der Waals surface area contributed by atoms with Crippen LogP contribution < -0.4 is 5.32 Å².